The van der Waals surface area contributed by atoms with Crippen molar-refractivity contribution in [3.05, 3.63) is 0 Å². The number of carbonyl (C=O) groups excluding carboxylic acids is 1. The molecule has 0 radical (unpaired) electrons. The summed E-state index contributed by atoms with van der Waals surface area (Å²) in [5.74, 6) is 4.90. The van der Waals surface area contributed by atoms with Gasteiger partial charge >= 0.3 is 0 Å². The summed E-state index contributed by atoms with van der Waals surface area (Å²) < 4.78 is 10.3. The third-order valence-electron chi connectivity index (χ3n) is 2.34. The largest absolute Gasteiger partial charge is 0.383 e. The van der Waals surface area contributed by atoms with Crippen molar-refractivity contribution in [1.82, 2.24) is 10.3 Å². The second-order valence-electron chi connectivity index (χ2n) is 3.31. The maximum absolute atomic E-state index is 11.5. The molecule has 0 fully saturated rings. The van der Waals surface area contributed by atoms with Crippen molar-refractivity contribution in [3.8, 4) is 0 Å². The van der Waals surface area contributed by atoms with E-state index in [1.54, 1.807) is 7.11 Å². The average molecular weight is 233 g/mol. The Bertz CT molecular complexity index is 190. The molecule has 0 aliphatic carbocycles. The predicted molar refractivity (Wildman–Crippen MR) is 61.7 cm³/mol. The number of hydrazine groups is 1. The summed E-state index contributed by atoms with van der Waals surface area (Å²) in [4.78, 5) is 13.5. The summed E-state index contributed by atoms with van der Waals surface area (Å²) in [7, 11) is 1.56. The van der Waals surface area contributed by atoms with Crippen LogP contribution in [0.1, 0.15) is 13.8 Å². The van der Waals surface area contributed by atoms with Gasteiger partial charge in [0.05, 0.1) is 13.2 Å². The lowest BCUT2D eigenvalue weighted by atomic mass is 10.2. The van der Waals surface area contributed by atoms with Crippen LogP contribution in [0.15, 0.2) is 0 Å². The molecule has 0 saturated heterocycles. The molecule has 6 nitrogen and oxygen atoms in total. The average Bonchev–Trinajstić information content (AvgIpc) is 2.31. The monoisotopic (exact) mass is 233 g/mol. The minimum Gasteiger partial charge on any atom is -0.383 e. The zero-order valence-corrected chi connectivity index (χ0v) is 10.4. The molecule has 0 aromatic carbocycles. The molecule has 0 aromatic heterocycles. The molecule has 1 amide bonds. The highest BCUT2D eigenvalue weighted by molar-refractivity contribution is 5.81. The molecule has 1 unspecified atom stereocenters. The fourth-order valence-corrected chi connectivity index (χ4v) is 1.46. The van der Waals surface area contributed by atoms with Crippen LogP contribution in [0.5, 0.6) is 0 Å². The number of ether oxygens (including phenoxy) is 2. The van der Waals surface area contributed by atoms with Gasteiger partial charge in [-0.05, 0) is 13.5 Å². The van der Waals surface area contributed by atoms with Crippen molar-refractivity contribution < 1.29 is 14.3 Å². The second-order valence-corrected chi connectivity index (χ2v) is 3.31. The van der Waals surface area contributed by atoms with Crippen molar-refractivity contribution >= 4 is 5.91 Å². The van der Waals surface area contributed by atoms with Gasteiger partial charge in [-0.15, -0.1) is 0 Å². The third-order valence-corrected chi connectivity index (χ3v) is 2.34. The number of carbonyl (C=O) groups is 1. The van der Waals surface area contributed by atoms with E-state index < -0.39 is 0 Å². The number of rotatable bonds is 9. The van der Waals surface area contributed by atoms with Crippen LogP contribution in [0.2, 0.25) is 0 Å². The Morgan fingerprint density at radius 3 is 2.62 bits per heavy atom. The topological polar surface area (TPSA) is 76.8 Å². The number of nitrogens with two attached hydrogens (primary N) is 1. The van der Waals surface area contributed by atoms with Crippen molar-refractivity contribution in [3.63, 3.8) is 0 Å². The maximum atomic E-state index is 11.5. The molecule has 0 aromatic rings. The van der Waals surface area contributed by atoms with Gasteiger partial charge in [-0.2, -0.15) is 0 Å². The molecule has 0 spiro atoms. The Morgan fingerprint density at radius 2 is 2.19 bits per heavy atom. The first kappa shape index (κ1) is 15.3. The molecule has 0 bridgehead atoms. The van der Waals surface area contributed by atoms with Gasteiger partial charge in [0.2, 0.25) is 0 Å². The third kappa shape index (κ3) is 5.41. The van der Waals surface area contributed by atoms with Crippen LogP contribution in [-0.2, 0) is 14.3 Å². The molecular weight excluding hydrogens is 210 g/mol. The first-order chi connectivity index (χ1) is 7.71. The molecule has 6 heteroatoms. The lowest BCUT2D eigenvalue weighted by molar-refractivity contribution is -0.128. The van der Waals surface area contributed by atoms with E-state index in [1.807, 2.05) is 18.7 Å². The lowest BCUT2D eigenvalue weighted by Gasteiger charge is -2.28. The van der Waals surface area contributed by atoms with Crippen LogP contribution >= 0.6 is 0 Å². The van der Waals surface area contributed by atoms with Crippen molar-refractivity contribution in [1.29, 1.82) is 0 Å². The van der Waals surface area contributed by atoms with Crippen LogP contribution in [0.3, 0.4) is 0 Å². The van der Waals surface area contributed by atoms with E-state index >= 15 is 0 Å². The van der Waals surface area contributed by atoms with E-state index in [0.29, 0.717) is 26.4 Å². The van der Waals surface area contributed by atoms with Gasteiger partial charge in [0.15, 0.2) is 0 Å². The minimum atomic E-state index is -0.361. The van der Waals surface area contributed by atoms with Crippen LogP contribution in [0.4, 0.5) is 0 Å². The summed E-state index contributed by atoms with van der Waals surface area (Å²) >= 11 is 0. The summed E-state index contributed by atoms with van der Waals surface area (Å²) in [6, 6.07) is -0.361. The Morgan fingerprint density at radius 1 is 1.50 bits per heavy atom. The van der Waals surface area contributed by atoms with E-state index in [4.69, 9.17) is 15.3 Å². The molecule has 0 rings (SSSR count). The SMILES string of the molecule is CCOCCN(CC)C(COC)C(=O)NN. The number of nitrogens with zero attached hydrogens (tertiary/aromatic N) is 1. The zero-order chi connectivity index (χ0) is 12.4. The summed E-state index contributed by atoms with van der Waals surface area (Å²) in [6.45, 7) is 6.95. The summed E-state index contributed by atoms with van der Waals surface area (Å²) in [5, 5.41) is 0. The Balaban J connectivity index is 4.27. The number of methoxy groups -OCH3 is 1. The second kappa shape index (κ2) is 9.53. The first-order valence-corrected chi connectivity index (χ1v) is 5.52. The number of hydrogen-bond donors (Lipinski definition) is 2. The van der Waals surface area contributed by atoms with Crippen LogP contribution in [0, 0.1) is 0 Å². The van der Waals surface area contributed by atoms with Crippen LogP contribution < -0.4 is 11.3 Å². The zero-order valence-electron chi connectivity index (χ0n) is 10.4. The van der Waals surface area contributed by atoms with Gasteiger partial charge in [-0.3, -0.25) is 15.1 Å². The van der Waals surface area contributed by atoms with E-state index in [1.165, 1.54) is 0 Å². The van der Waals surface area contributed by atoms with Gasteiger partial charge < -0.3 is 9.47 Å². The van der Waals surface area contributed by atoms with Crippen molar-refractivity contribution in [2.75, 3.05) is 40.0 Å². The molecule has 0 saturated carbocycles. The van der Waals surface area contributed by atoms with Gasteiger partial charge in [-0.1, -0.05) is 6.92 Å². The van der Waals surface area contributed by atoms with Crippen LogP contribution in [-0.4, -0.2) is 56.9 Å². The molecule has 0 aliphatic heterocycles. The number of amides is 1. The smallest absolute Gasteiger partial charge is 0.253 e. The van der Waals surface area contributed by atoms with Gasteiger partial charge in [0, 0.05) is 20.3 Å². The van der Waals surface area contributed by atoms with E-state index in [2.05, 4.69) is 5.43 Å². The van der Waals surface area contributed by atoms with Crippen molar-refractivity contribution in [2.24, 2.45) is 5.84 Å². The molecule has 16 heavy (non-hydrogen) atoms. The summed E-state index contributed by atoms with van der Waals surface area (Å²) in [6.07, 6.45) is 0. The molecule has 1 atom stereocenters. The van der Waals surface area contributed by atoms with E-state index in [-0.39, 0.29) is 11.9 Å². The predicted octanol–water partition coefficient (Wildman–Crippen LogP) is -0.650. The highest BCUT2D eigenvalue weighted by Crippen LogP contribution is 2.00. The lowest BCUT2D eigenvalue weighted by Crippen LogP contribution is -2.52. The maximum Gasteiger partial charge on any atom is 0.253 e. The Labute approximate surface area is 97.0 Å². The van der Waals surface area contributed by atoms with Crippen molar-refractivity contribution in [2.45, 2.75) is 19.9 Å². The fraction of sp³-hybridized carbons (Fsp3) is 0.900. The highest BCUT2D eigenvalue weighted by Gasteiger charge is 2.23. The fourth-order valence-electron chi connectivity index (χ4n) is 1.46. The standard InChI is InChI=1S/C10H23N3O3/c1-4-13(6-7-16-5-2)9(8-15-3)10(14)12-11/h9H,4-8,11H2,1-3H3,(H,12,14). The molecule has 0 aliphatic rings. The number of likely N-dealkylation sites (N-methyl/N-ethyl adjacent to an activating group) is 1. The summed E-state index contributed by atoms with van der Waals surface area (Å²) in [5.41, 5.74) is 2.15. The molecular formula is C10H23N3O3. The van der Waals surface area contributed by atoms with Gasteiger partial charge in [0.25, 0.3) is 5.91 Å². The number of hydrogen-bond acceptors (Lipinski definition) is 5. The first-order valence-electron chi connectivity index (χ1n) is 5.52. The Hall–Kier alpha value is -0.690. The molecule has 3 N–H and O–H groups in total. The van der Waals surface area contributed by atoms with E-state index in [9.17, 15) is 4.79 Å². The van der Waals surface area contributed by atoms with Gasteiger partial charge in [0.1, 0.15) is 6.04 Å². The van der Waals surface area contributed by atoms with Gasteiger partial charge in [-0.25, -0.2) is 5.84 Å². The number of nitrogens with one attached hydrogen (secondary N) is 1. The minimum absolute atomic E-state index is 0.236. The molecule has 96 valence electrons. The quantitative estimate of drug-likeness (QED) is 0.239. The Kier molecular flexibility index (Phi) is 9.12. The molecule has 0 heterocycles. The highest BCUT2D eigenvalue weighted by atomic mass is 16.5. The van der Waals surface area contributed by atoms with Crippen LogP contribution in [0.25, 0.3) is 0 Å². The normalized spacial score (nSPS) is 12.8. The van der Waals surface area contributed by atoms with E-state index in [0.717, 1.165) is 6.54 Å².